The predicted molar refractivity (Wildman–Crippen MR) is 188 cm³/mol. The quantitative estimate of drug-likeness (QED) is 0.175. The lowest BCUT2D eigenvalue weighted by atomic mass is 9.87. The van der Waals surface area contributed by atoms with Gasteiger partial charge in [0.2, 0.25) is 5.95 Å². The number of aliphatic carboxylic acids is 1. The molecular formula is C39H45ClN4O3. The van der Waals surface area contributed by atoms with Crippen LogP contribution in [0.3, 0.4) is 0 Å². The van der Waals surface area contributed by atoms with Crippen LogP contribution in [0, 0.1) is 0 Å². The number of aromatic nitrogens is 2. The molecule has 4 aromatic rings. The summed E-state index contributed by atoms with van der Waals surface area (Å²) < 4.78 is 0. The predicted octanol–water partition coefficient (Wildman–Crippen LogP) is 8.40. The van der Waals surface area contributed by atoms with Crippen molar-refractivity contribution in [3.63, 3.8) is 0 Å². The van der Waals surface area contributed by atoms with E-state index in [2.05, 4.69) is 63.8 Å². The van der Waals surface area contributed by atoms with Crippen molar-refractivity contribution in [3.8, 4) is 0 Å². The molecule has 3 aromatic carbocycles. The first-order valence-corrected chi connectivity index (χ1v) is 16.8. The van der Waals surface area contributed by atoms with Crippen LogP contribution in [0.1, 0.15) is 103 Å². The Morgan fingerprint density at radius 2 is 1.62 bits per heavy atom. The number of hydrogen-bond donors (Lipinski definition) is 1. The Kier molecular flexibility index (Phi) is 10.7. The zero-order valence-corrected chi connectivity index (χ0v) is 28.8. The van der Waals surface area contributed by atoms with Crippen LogP contribution in [-0.2, 0) is 29.6 Å². The lowest BCUT2D eigenvalue weighted by Gasteiger charge is -2.27. The third-order valence-corrected chi connectivity index (χ3v) is 9.21. The molecule has 1 aliphatic rings. The summed E-state index contributed by atoms with van der Waals surface area (Å²) in [5, 5.41) is 10.5. The maximum atomic E-state index is 14.2. The zero-order chi connectivity index (χ0) is 33.7. The van der Waals surface area contributed by atoms with Crippen molar-refractivity contribution < 1.29 is 14.7 Å². The summed E-state index contributed by atoms with van der Waals surface area (Å²) in [6, 6.07) is 24.6. The summed E-state index contributed by atoms with van der Waals surface area (Å²) in [7, 11) is 0. The van der Waals surface area contributed by atoms with E-state index in [-0.39, 0.29) is 23.9 Å². The number of amides is 1. The van der Waals surface area contributed by atoms with Crippen LogP contribution in [0.4, 0.5) is 5.95 Å². The molecule has 1 atom stereocenters. The molecule has 47 heavy (non-hydrogen) atoms. The van der Waals surface area contributed by atoms with E-state index in [9.17, 15) is 14.7 Å². The molecule has 5 rings (SSSR count). The van der Waals surface area contributed by atoms with E-state index < -0.39 is 12.5 Å². The Morgan fingerprint density at radius 3 is 2.23 bits per heavy atom. The highest BCUT2D eigenvalue weighted by Crippen LogP contribution is 2.35. The van der Waals surface area contributed by atoms with Gasteiger partial charge in [-0.2, -0.15) is 0 Å². The lowest BCUT2D eigenvalue weighted by molar-refractivity contribution is -0.137. The van der Waals surface area contributed by atoms with Crippen molar-refractivity contribution in [3.05, 3.63) is 123 Å². The summed E-state index contributed by atoms with van der Waals surface area (Å²) in [6.07, 6.45) is 4.75. The van der Waals surface area contributed by atoms with Gasteiger partial charge < -0.3 is 14.9 Å². The van der Waals surface area contributed by atoms with Crippen LogP contribution in [0.2, 0.25) is 5.02 Å². The molecule has 0 aliphatic carbocycles. The molecule has 1 fully saturated rings. The highest BCUT2D eigenvalue weighted by molar-refractivity contribution is 6.30. The van der Waals surface area contributed by atoms with Crippen LogP contribution < -0.4 is 4.90 Å². The molecule has 8 heteroatoms. The minimum atomic E-state index is -1.07. The maximum absolute atomic E-state index is 14.2. The number of anilines is 1. The second-order valence-electron chi connectivity index (χ2n) is 13.8. The largest absolute Gasteiger partial charge is 0.480 e. The monoisotopic (exact) mass is 652 g/mol. The number of carboxylic acids is 1. The van der Waals surface area contributed by atoms with E-state index in [0.29, 0.717) is 41.0 Å². The Balaban J connectivity index is 1.47. The fraction of sp³-hybridized carbons (Fsp3) is 0.385. The molecule has 1 aromatic heterocycles. The SMILES string of the molecule is CC(C)c1ccc(CCc2nc(N3CCC[C@H]3c3ccc(Cl)cc3)ncc2C(=O)N(CC(=O)O)Cc2ccc(C(C)(C)C)cc2)cc1. The average Bonchev–Trinajstić information content (AvgIpc) is 3.53. The summed E-state index contributed by atoms with van der Waals surface area (Å²) in [4.78, 5) is 39.5. The van der Waals surface area contributed by atoms with Crippen molar-refractivity contribution in [2.24, 2.45) is 0 Å². The number of carbonyl (C=O) groups excluding carboxylic acids is 1. The third kappa shape index (κ3) is 8.58. The van der Waals surface area contributed by atoms with Gasteiger partial charge in [0.15, 0.2) is 0 Å². The minimum Gasteiger partial charge on any atom is -0.480 e. The minimum absolute atomic E-state index is 0.0138. The molecule has 1 saturated heterocycles. The van der Waals surface area contributed by atoms with Gasteiger partial charge in [0.05, 0.1) is 17.3 Å². The van der Waals surface area contributed by atoms with Gasteiger partial charge in [0, 0.05) is 24.3 Å². The second kappa shape index (κ2) is 14.7. The zero-order valence-electron chi connectivity index (χ0n) is 28.0. The molecule has 0 unspecified atom stereocenters. The number of carbonyl (C=O) groups is 2. The molecule has 2 heterocycles. The molecule has 0 bridgehead atoms. The Hall–Kier alpha value is -4.23. The smallest absolute Gasteiger partial charge is 0.323 e. The first-order chi connectivity index (χ1) is 22.4. The van der Waals surface area contributed by atoms with E-state index >= 15 is 0 Å². The third-order valence-electron chi connectivity index (χ3n) is 8.95. The summed E-state index contributed by atoms with van der Waals surface area (Å²) in [6.45, 7) is 11.3. The fourth-order valence-electron chi connectivity index (χ4n) is 6.15. The van der Waals surface area contributed by atoms with Gasteiger partial charge in [-0.3, -0.25) is 9.59 Å². The van der Waals surface area contributed by atoms with E-state index in [1.165, 1.54) is 16.0 Å². The number of rotatable bonds is 11. The molecule has 1 amide bonds. The highest BCUT2D eigenvalue weighted by atomic mass is 35.5. The Labute approximate surface area is 283 Å². The first-order valence-electron chi connectivity index (χ1n) is 16.5. The number of aryl methyl sites for hydroxylation is 2. The number of hydrogen-bond acceptors (Lipinski definition) is 5. The molecule has 1 N–H and O–H groups in total. The van der Waals surface area contributed by atoms with Crippen molar-refractivity contribution in [1.82, 2.24) is 14.9 Å². The van der Waals surface area contributed by atoms with Crippen molar-refractivity contribution in [1.29, 1.82) is 0 Å². The van der Waals surface area contributed by atoms with Crippen LogP contribution in [-0.4, -0.2) is 44.9 Å². The van der Waals surface area contributed by atoms with Gasteiger partial charge in [-0.1, -0.05) is 107 Å². The maximum Gasteiger partial charge on any atom is 0.323 e. The van der Waals surface area contributed by atoms with Crippen molar-refractivity contribution >= 4 is 29.4 Å². The molecular weight excluding hydrogens is 608 g/mol. The number of carboxylic acid groups (broad SMARTS) is 1. The average molecular weight is 653 g/mol. The fourth-order valence-corrected chi connectivity index (χ4v) is 6.27. The van der Waals surface area contributed by atoms with E-state index in [1.807, 2.05) is 48.5 Å². The summed E-state index contributed by atoms with van der Waals surface area (Å²) >= 11 is 6.17. The van der Waals surface area contributed by atoms with Gasteiger partial charge >= 0.3 is 5.97 Å². The van der Waals surface area contributed by atoms with Gasteiger partial charge in [-0.25, -0.2) is 9.97 Å². The number of nitrogens with zero attached hydrogens (tertiary/aromatic N) is 4. The van der Waals surface area contributed by atoms with Crippen LogP contribution in [0.25, 0.3) is 0 Å². The van der Waals surface area contributed by atoms with Crippen LogP contribution in [0.15, 0.2) is 79.0 Å². The van der Waals surface area contributed by atoms with Gasteiger partial charge in [0.25, 0.3) is 5.91 Å². The van der Waals surface area contributed by atoms with Crippen LogP contribution in [0.5, 0.6) is 0 Å². The van der Waals surface area contributed by atoms with Gasteiger partial charge in [0.1, 0.15) is 6.54 Å². The second-order valence-corrected chi connectivity index (χ2v) is 14.3. The summed E-state index contributed by atoms with van der Waals surface area (Å²) in [5.74, 6) is -0.445. The number of benzene rings is 3. The normalized spacial score (nSPS) is 14.9. The van der Waals surface area contributed by atoms with Crippen LogP contribution >= 0.6 is 11.6 Å². The summed E-state index contributed by atoms with van der Waals surface area (Å²) in [5.41, 5.74) is 6.54. The van der Waals surface area contributed by atoms with Crippen molar-refractivity contribution in [2.75, 3.05) is 18.0 Å². The Bertz CT molecular complexity index is 1680. The van der Waals surface area contributed by atoms with Gasteiger partial charge in [-0.05, 0) is 77.0 Å². The molecule has 0 saturated carbocycles. The van der Waals surface area contributed by atoms with Crippen molar-refractivity contribution in [2.45, 2.75) is 84.2 Å². The molecule has 7 nitrogen and oxygen atoms in total. The van der Waals surface area contributed by atoms with Gasteiger partial charge in [-0.15, -0.1) is 0 Å². The Morgan fingerprint density at radius 1 is 0.957 bits per heavy atom. The first kappa shape index (κ1) is 34.1. The number of halogens is 1. The molecule has 0 spiro atoms. The van der Waals surface area contributed by atoms with E-state index in [0.717, 1.165) is 36.1 Å². The standard InChI is InChI=1S/C39H45ClN4O3/c1-26(2)29-13-8-27(9-14-29)12-21-34-33(23-41-38(42-34)44-22-6-7-35(44)30-15-19-32(40)20-16-30)37(47)43(25-36(45)46)24-28-10-17-31(18-11-28)39(3,4)5/h8-11,13-20,23,26,35H,6-7,12,21-22,24-25H2,1-5H3,(H,45,46)/t35-/m0/s1. The molecule has 0 radical (unpaired) electrons. The highest BCUT2D eigenvalue weighted by Gasteiger charge is 2.30. The van der Waals surface area contributed by atoms with E-state index in [1.54, 1.807) is 6.20 Å². The molecule has 246 valence electrons. The molecule has 1 aliphatic heterocycles. The lowest BCUT2D eigenvalue weighted by Crippen LogP contribution is -2.36. The van der Waals surface area contributed by atoms with E-state index in [4.69, 9.17) is 21.6 Å². The topological polar surface area (TPSA) is 86.6 Å².